The molecule has 2 aliphatic rings. The Morgan fingerprint density at radius 2 is 2.38 bits per heavy atom. The zero-order valence-corrected chi connectivity index (χ0v) is 7.31. The van der Waals surface area contributed by atoms with Crippen molar-refractivity contribution >= 4 is 5.91 Å². The van der Waals surface area contributed by atoms with Crippen LogP contribution >= 0.6 is 0 Å². The van der Waals surface area contributed by atoms with Crippen LogP contribution in [0.15, 0.2) is 24.4 Å². The van der Waals surface area contributed by atoms with E-state index in [0.717, 1.165) is 6.42 Å². The Hall–Kier alpha value is -1.29. The van der Waals surface area contributed by atoms with Crippen molar-refractivity contribution in [1.82, 2.24) is 10.4 Å². The summed E-state index contributed by atoms with van der Waals surface area (Å²) >= 11 is 0. The highest BCUT2D eigenvalue weighted by atomic mass is 16.1. The molecule has 0 aromatic heterocycles. The van der Waals surface area contributed by atoms with Gasteiger partial charge in [-0.25, -0.2) is 5.43 Å². The van der Waals surface area contributed by atoms with E-state index in [1.807, 2.05) is 23.4 Å². The summed E-state index contributed by atoms with van der Waals surface area (Å²) in [5.41, 5.74) is 8.40. The van der Waals surface area contributed by atoms with Crippen LogP contribution in [0.5, 0.6) is 0 Å². The predicted octanol–water partition coefficient (Wildman–Crippen LogP) is -0.250. The Labute approximate surface area is 77.0 Å². The number of primary amides is 1. The van der Waals surface area contributed by atoms with Gasteiger partial charge in [-0.3, -0.25) is 4.79 Å². The average molecular weight is 179 g/mol. The zero-order chi connectivity index (χ0) is 9.26. The minimum atomic E-state index is -0.213. The van der Waals surface area contributed by atoms with Crippen molar-refractivity contribution in [2.45, 2.75) is 12.5 Å². The first-order valence-electron chi connectivity index (χ1n) is 4.43. The first-order chi connectivity index (χ1) is 6.27. The van der Waals surface area contributed by atoms with E-state index < -0.39 is 0 Å². The Morgan fingerprint density at radius 3 is 3.15 bits per heavy atom. The molecule has 0 bridgehead atoms. The fourth-order valence-corrected chi connectivity index (χ4v) is 1.71. The van der Waals surface area contributed by atoms with Crippen LogP contribution in [0, 0.1) is 5.92 Å². The largest absolute Gasteiger partial charge is 0.369 e. The van der Waals surface area contributed by atoms with E-state index >= 15 is 0 Å². The van der Waals surface area contributed by atoms with Gasteiger partial charge in [-0.15, -0.1) is 0 Å². The topological polar surface area (TPSA) is 58.4 Å². The van der Waals surface area contributed by atoms with E-state index in [0.29, 0.717) is 6.54 Å². The number of hydrogen-bond acceptors (Lipinski definition) is 3. The maximum Gasteiger partial charge on any atom is 0.221 e. The van der Waals surface area contributed by atoms with E-state index in [2.05, 4.69) is 11.5 Å². The molecule has 0 aromatic rings. The summed E-state index contributed by atoms with van der Waals surface area (Å²) in [6.07, 6.45) is 8.81. The van der Waals surface area contributed by atoms with Crippen molar-refractivity contribution in [2.24, 2.45) is 11.7 Å². The first-order valence-corrected chi connectivity index (χ1v) is 4.43. The van der Waals surface area contributed by atoms with Gasteiger partial charge in [-0.2, -0.15) is 0 Å². The number of carbonyl (C=O) groups excluding carboxylic acids is 1. The molecule has 0 radical (unpaired) electrons. The van der Waals surface area contributed by atoms with Crippen LogP contribution in [0.1, 0.15) is 6.42 Å². The summed E-state index contributed by atoms with van der Waals surface area (Å²) in [5, 5.41) is 2.01. The van der Waals surface area contributed by atoms with Crippen LogP contribution in [0.4, 0.5) is 0 Å². The van der Waals surface area contributed by atoms with E-state index in [9.17, 15) is 4.79 Å². The Morgan fingerprint density at radius 1 is 1.54 bits per heavy atom. The third-order valence-corrected chi connectivity index (χ3v) is 2.50. The maximum absolute atomic E-state index is 11.0. The molecule has 70 valence electrons. The van der Waals surface area contributed by atoms with Crippen molar-refractivity contribution in [3.8, 4) is 0 Å². The van der Waals surface area contributed by atoms with Gasteiger partial charge in [0, 0.05) is 12.7 Å². The second-order valence-corrected chi connectivity index (χ2v) is 3.40. The summed E-state index contributed by atoms with van der Waals surface area (Å²) in [7, 11) is 0. The molecule has 0 aliphatic carbocycles. The van der Waals surface area contributed by atoms with Crippen LogP contribution in [-0.4, -0.2) is 23.5 Å². The Kier molecular flexibility index (Phi) is 2.06. The van der Waals surface area contributed by atoms with E-state index in [-0.39, 0.29) is 17.9 Å². The van der Waals surface area contributed by atoms with Crippen LogP contribution < -0.4 is 11.2 Å². The van der Waals surface area contributed by atoms with Gasteiger partial charge in [0.1, 0.15) is 0 Å². The number of carbonyl (C=O) groups is 1. The summed E-state index contributed by atoms with van der Waals surface area (Å²) in [4.78, 5) is 11.0. The molecule has 1 amide bonds. The molecule has 13 heavy (non-hydrogen) atoms. The molecule has 0 saturated carbocycles. The van der Waals surface area contributed by atoms with Gasteiger partial charge in [-0.05, 0) is 12.5 Å². The lowest BCUT2D eigenvalue weighted by Gasteiger charge is -2.38. The summed E-state index contributed by atoms with van der Waals surface area (Å²) in [6.45, 7) is 0.643. The van der Waals surface area contributed by atoms with Gasteiger partial charge in [0.25, 0.3) is 0 Å². The highest BCUT2D eigenvalue weighted by molar-refractivity contribution is 5.77. The lowest BCUT2D eigenvalue weighted by molar-refractivity contribution is -0.123. The van der Waals surface area contributed by atoms with Crippen molar-refractivity contribution < 1.29 is 4.79 Å². The molecule has 0 aromatic carbocycles. The molecular weight excluding hydrogens is 166 g/mol. The van der Waals surface area contributed by atoms with Crippen molar-refractivity contribution in [2.75, 3.05) is 6.54 Å². The molecule has 2 unspecified atom stereocenters. The third-order valence-electron chi connectivity index (χ3n) is 2.50. The predicted molar refractivity (Wildman–Crippen MR) is 49.2 cm³/mol. The van der Waals surface area contributed by atoms with Gasteiger partial charge in [0.05, 0.1) is 12.0 Å². The van der Waals surface area contributed by atoms with Gasteiger partial charge in [0.15, 0.2) is 0 Å². The van der Waals surface area contributed by atoms with E-state index in [1.165, 1.54) is 0 Å². The number of nitrogens with one attached hydrogen (secondary N) is 1. The highest BCUT2D eigenvalue weighted by Gasteiger charge is 2.28. The van der Waals surface area contributed by atoms with Gasteiger partial charge < -0.3 is 10.7 Å². The quantitative estimate of drug-likeness (QED) is 0.583. The first kappa shape index (κ1) is 8.31. The minimum absolute atomic E-state index is 0.0441. The fourth-order valence-electron chi connectivity index (χ4n) is 1.71. The smallest absolute Gasteiger partial charge is 0.221 e. The van der Waals surface area contributed by atoms with E-state index in [4.69, 9.17) is 5.73 Å². The minimum Gasteiger partial charge on any atom is -0.369 e. The molecule has 1 saturated heterocycles. The summed E-state index contributed by atoms with van der Waals surface area (Å²) in [6, 6.07) is 0.274. The number of nitrogens with zero attached hydrogens (tertiary/aromatic N) is 1. The summed E-state index contributed by atoms with van der Waals surface area (Å²) < 4.78 is 0. The lowest BCUT2D eigenvalue weighted by atomic mass is 9.95. The Bertz CT molecular complexity index is 272. The number of nitrogens with two attached hydrogens (primary N) is 1. The standard InChI is InChI=1S/C9H13N3O/c10-9(13)7-5-8-3-1-2-4-12(8)11-6-7/h1-4,7-8,11H,5-6H2,(H2,10,13). The summed E-state index contributed by atoms with van der Waals surface area (Å²) in [5.74, 6) is -0.257. The molecule has 4 nitrogen and oxygen atoms in total. The number of amides is 1. The van der Waals surface area contributed by atoms with Crippen LogP contribution in [0.2, 0.25) is 0 Å². The maximum atomic E-state index is 11.0. The zero-order valence-electron chi connectivity index (χ0n) is 7.31. The molecule has 0 spiro atoms. The van der Waals surface area contributed by atoms with Crippen LogP contribution in [0.25, 0.3) is 0 Å². The molecule has 3 N–H and O–H groups in total. The normalized spacial score (nSPS) is 31.5. The molecule has 2 heterocycles. The highest BCUT2D eigenvalue weighted by Crippen LogP contribution is 2.19. The number of hydrogen-bond donors (Lipinski definition) is 2. The second kappa shape index (κ2) is 3.22. The SMILES string of the molecule is NC(=O)C1CNN2C=CC=CC2C1. The molecular formula is C9H13N3O. The number of hydrazine groups is 1. The number of rotatable bonds is 1. The number of allylic oxidation sites excluding steroid dienone is 2. The molecule has 2 atom stereocenters. The molecule has 1 fully saturated rings. The third kappa shape index (κ3) is 1.58. The monoisotopic (exact) mass is 179 g/mol. The lowest BCUT2D eigenvalue weighted by Crippen LogP contribution is -2.52. The molecule has 4 heteroatoms. The average Bonchev–Trinajstić information content (AvgIpc) is 2.17. The van der Waals surface area contributed by atoms with Gasteiger partial charge in [-0.1, -0.05) is 12.2 Å². The van der Waals surface area contributed by atoms with Gasteiger partial charge >= 0.3 is 0 Å². The molecule has 2 aliphatic heterocycles. The molecule has 2 rings (SSSR count). The Balaban J connectivity index is 2.04. The fraction of sp³-hybridized carbons (Fsp3) is 0.444. The van der Waals surface area contributed by atoms with Gasteiger partial charge in [0.2, 0.25) is 5.91 Å². The van der Waals surface area contributed by atoms with E-state index in [1.54, 1.807) is 0 Å². The number of fused-ring (bicyclic) bond motifs is 1. The van der Waals surface area contributed by atoms with Crippen molar-refractivity contribution in [1.29, 1.82) is 0 Å². The van der Waals surface area contributed by atoms with Crippen molar-refractivity contribution in [3.63, 3.8) is 0 Å². The van der Waals surface area contributed by atoms with Crippen LogP contribution in [-0.2, 0) is 4.79 Å². The van der Waals surface area contributed by atoms with Crippen LogP contribution in [0.3, 0.4) is 0 Å². The second-order valence-electron chi connectivity index (χ2n) is 3.40. The van der Waals surface area contributed by atoms with Crippen molar-refractivity contribution in [3.05, 3.63) is 24.4 Å².